The van der Waals surface area contributed by atoms with Crippen LogP contribution in [0.4, 0.5) is 0 Å². The lowest BCUT2D eigenvalue weighted by Gasteiger charge is -2.58. The summed E-state index contributed by atoms with van der Waals surface area (Å²) < 4.78 is 12.2. The highest BCUT2D eigenvalue weighted by Gasteiger charge is 2.61. The first kappa shape index (κ1) is 19.1. The smallest absolute Gasteiger partial charge is 0.168 e. The minimum Gasteiger partial charge on any atom is -0.348 e. The first-order valence-corrected chi connectivity index (χ1v) is 11.4. The van der Waals surface area contributed by atoms with E-state index >= 15 is 0 Å². The largest absolute Gasteiger partial charge is 0.348 e. The number of ether oxygens (including phenoxy) is 2. The summed E-state index contributed by atoms with van der Waals surface area (Å²) in [6.07, 6.45) is 12.6. The SMILES string of the molecule is C=C[C@@H]1CC2C3CCC4CC5(CCC4(C)C3=CC[C@]2(C)C1C(C)=O)OCCO5. The number of allylic oxidation sites excluding steroid dienone is 3. The van der Waals surface area contributed by atoms with Crippen molar-refractivity contribution in [3.63, 3.8) is 0 Å². The van der Waals surface area contributed by atoms with Crippen LogP contribution in [0.1, 0.15) is 65.7 Å². The molecule has 0 aromatic carbocycles. The number of carbonyl (C=O) groups excluding carboxylic acids is 1. The Morgan fingerprint density at radius 2 is 1.96 bits per heavy atom. The van der Waals surface area contributed by atoms with Gasteiger partial charge < -0.3 is 9.47 Å². The van der Waals surface area contributed by atoms with Crippen LogP contribution in [0.5, 0.6) is 0 Å². The van der Waals surface area contributed by atoms with Gasteiger partial charge in [-0.3, -0.25) is 4.79 Å². The van der Waals surface area contributed by atoms with E-state index in [0.717, 1.165) is 38.9 Å². The van der Waals surface area contributed by atoms with Gasteiger partial charge in [0, 0.05) is 18.8 Å². The molecule has 7 atom stereocenters. The van der Waals surface area contributed by atoms with Crippen molar-refractivity contribution in [2.24, 2.45) is 40.4 Å². The summed E-state index contributed by atoms with van der Waals surface area (Å²) in [5, 5.41) is 0. The van der Waals surface area contributed by atoms with E-state index in [4.69, 9.17) is 9.47 Å². The van der Waals surface area contributed by atoms with Crippen LogP contribution in [0.2, 0.25) is 0 Å². The van der Waals surface area contributed by atoms with Crippen LogP contribution < -0.4 is 0 Å². The number of hydrogen-bond acceptors (Lipinski definition) is 3. The molecule has 1 heterocycles. The molecule has 28 heavy (non-hydrogen) atoms. The minimum absolute atomic E-state index is 0.107. The molecule has 0 aromatic heterocycles. The summed E-state index contributed by atoms with van der Waals surface area (Å²) in [6.45, 7) is 12.3. The Labute approximate surface area is 169 Å². The van der Waals surface area contributed by atoms with Gasteiger partial charge in [0.25, 0.3) is 0 Å². The van der Waals surface area contributed by atoms with Gasteiger partial charge in [-0.15, -0.1) is 6.58 Å². The van der Waals surface area contributed by atoms with Crippen molar-refractivity contribution < 1.29 is 14.3 Å². The molecule has 3 saturated carbocycles. The number of ketones is 1. The van der Waals surface area contributed by atoms with E-state index in [-0.39, 0.29) is 22.5 Å². The van der Waals surface area contributed by atoms with Crippen LogP contribution in [0.25, 0.3) is 0 Å². The molecular formula is C25H36O3. The molecule has 0 N–H and O–H groups in total. The Bertz CT molecular complexity index is 717. The number of hydrogen-bond donors (Lipinski definition) is 0. The fourth-order valence-corrected chi connectivity index (χ4v) is 8.33. The van der Waals surface area contributed by atoms with Crippen LogP contribution in [0, 0.1) is 40.4 Å². The second-order valence-electron chi connectivity index (χ2n) is 10.8. The zero-order valence-electron chi connectivity index (χ0n) is 17.8. The molecule has 1 aliphatic heterocycles. The second-order valence-corrected chi connectivity index (χ2v) is 10.8. The molecule has 1 saturated heterocycles. The zero-order valence-corrected chi connectivity index (χ0v) is 17.8. The molecule has 0 radical (unpaired) electrons. The van der Waals surface area contributed by atoms with Gasteiger partial charge in [0.1, 0.15) is 5.78 Å². The maximum absolute atomic E-state index is 12.6. The van der Waals surface area contributed by atoms with Crippen LogP contribution >= 0.6 is 0 Å². The van der Waals surface area contributed by atoms with E-state index in [1.54, 1.807) is 12.5 Å². The van der Waals surface area contributed by atoms with Crippen LogP contribution in [0.3, 0.4) is 0 Å². The van der Waals surface area contributed by atoms with E-state index in [1.165, 1.54) is 19.3 Å². The van der Waals surface area contributed by atoms with Gasteiger partial charge in [-0.2, -0.15) is 0 Å². The highest BCUT2D eigenvalue weighted by molar-refractivity contribution is 5.80. The molecule has 4 aliphatic carbocycles. The van der Waals surface area contributed by atoms with Gasteiger partial charge >= 0.3 is 0 Å². The van der Waals surface area contributed by atoms with Crippen LogP contribution in [-0.2, 0) is 14.3 Å². The van der Waals surface area contributed by atoms with Gasteiger partial charge in [0.15, 0.2) is 5.79 Å². The Morgan fingerprint density at radius 1 is 1.21 bits per heavy atom. The average Bonchev–Trinajstić information content (AvgIpc) is 3.24. The van der Waals surface area contributed by atoms with Gasteiger partial charge in [0.05, 0.1) is 13.2 Å². The molecule has 0 amide bonds. The topological polar surface area (TPSA) is 35.5 Å². The van der Waals surface area contributed by atoms with Crippen molar-refractivity contribution in [3.8, 4) is 0 Å². The molecule has 3 heteroatoms. The Balaban J connectivity index is 1.47. The predicted octanol–water partition coefficient (Wildman–Crippen LogP) is 5.31. The van der Waals surface area contributed by atoms with Crippen molar-refractivity contribution in [1.29, 1.82) is 0 Å². The maximum Gasteiger partial charge on any atom is 0.168 e. The van der Waals surface area contributed by atoms with E-state index in [0.29, 0.717) is 29.5 Å². The van der Waals surface area contributed by atoms with E-state index < -0.39 is 0 Å². The molecule has 5 unspecified atom stereocenters. The van der Waals surface area contributed by atoms with Crippen molar-refractivity contribution in [2.75, 3.05) is 13.2 Å². The summed E-state index contributed by atoms with van der Waals surface area (Å²) in [5.74, 6) is 2.49. The zero-order chi connectivity index (χ0) is 19.7. The fraction of sp³-hybridized carbons (Fsp3) is 0.800. The normalized spacial score (nSPS) is 49.1. The standard InChI is InChI=1S/C25H36O3/c1-5-17-14-21-19-7-6-18-15-25(27-12-13-28-25)11-10-23(18,3)20(19)8-9-24(21,4)22(17)16(2)26/h5,8,17-19,21-22H,1,6-7,9-15H2,2-4H3/t17-,18?,19?,21?,22?,23?,24+/m1/s1. The summed E-state index contributed by atoms with van der Waals surface area (Å²) in [5.41, 5.74) is 2.10. The minimum atomic E-state index is -0.290. The van der Waals surface area contributed by atoms with Crippen LogP contribution in [0.15, 0.2) is 24.3 Å². The maximum atomic E-state index is 12.6. The third-order valence-electron chi connectivity index (χ3n) is 9.68. The fourth-order valence-electron chi connectivity index (χ4n) is 8.33. The second kappa shape index (κ2) is 6.28. The molecule has 0 bridgehead atoms. The lowest BCUT2D eigenvalue weighted by molar-refractivity contribution is -0.207. The molecule has 5 aliphatic rings. The van der Waals surface area contributed by atoms with Gasteiger partial charge in [-0.1, -0.05) is 31.6 Å². The quantitative estimate of drug-likeness (QED) is 0.605. The number of fused-ring (bicyclic) bond motifs is 5. The predicted molar refractivity (Wildman–Crippen MR) is 110 cm³/mol. The summed E-state index contributed by atoms with van der Waals surface area (Å²) in [6, 6.07) is 0. The monoisotopic (exact) mass is 384 g/mol. The first-order valence-electron chi connectivity index (χ1n) is 11.4. The van der Waals surface area contributed by atoms with E-state index in [1.807, 2.05) is 0 Å². The summed E-state index contributed by atoms with van der Waals surface area (Å²) >= 11 is 0. The average molecular weight is 385 g/mol. The van der Waals surface area contributed by atoms with Gasteiger partial charge in [-0.25, -0.2) is 0 Å². The van der Waals surface area contributed by atoms with Crippen molar-refractivity contribution >= 4 is 5.78 Å². The molecule has 1 spiro atoms. The van der Waals surface area contributed by atoms with E-state index in [9.17, 15) is 4.79 Å². The lowest BCUT2D eigenvalue weighted by atomic mass is 9.48. The Hall–Kier alpha value is -0.930. The third kappa shape index (κ3) is 2.45. The molecule has 154 valence electrons. The third-order valence-corrected chi connectivity index (χ3v) is 9.68. The molecule has 0 aromatic rings. The lowest BCUT2D eigenvalue weighted by Crippen LogP contribution is -2.52. The Kier molecular flexibility index (Phi) is 4.28. The number of Topliss-reactive ketones (excluding diaryl/α,β-unsaturated/α-hetero) is 1. The van der Waals surface area contributed by atoms with Crippen LogP contribution in [-0.4, -0.2) is 24.8 Å². The number of carbonyl (C=O) groups is 1. The summed E-state index contributed by atoms with van der Waals surface area (Å²) in [4.78, 5) is 12.6. The number of rotatable bonds is 2. The molecule has 4 fully saturated rings. The van der Waals surface area contributed by atoms with Gasteiger partial charge in [0.2, 0.25) is 0 Å². The molecule has 5 rings (SSSR count). The van der Waals surface area contributed by atoms with Crippen molar-refractivity contribution in [2.45, 2.75) is 71.5 Å². The van der Waals surface area contributed by atoms with Gasteiger partial charge in [-0.05, 0) is 73.5 Å². The Morgan fingerprint density at radius 3 is 2.64 bits per heavy atom. The first-order chi connectivity index (χ1) is 13.3. The van der Waals surface area contributed by atoms with Crippen molar-refractivity contribution in [1.82, 2.24) is 0 Å². The highest BCUT2D eigenvalue weighted by atomic mass is 16.7. The highest BCUT2D eigenvalue weighted by Crippen LogP contribution is 2.67. The molecule has 3 nitrogen and oxygen atoms in total. The summed E-state index contributed by atoms with van der Waals surface area (Å²) in [7, 11) is 0. The van der Waals surface area contributed by atoms with E-state index in [2.05, 4.69) is 32.6 Å². The van der Waals surface area contributed by atoms with Crippen molar-refractivity contribution in [3.05, 3.63) is 24.3 Å². The molecular weight excluding hydrogens is 348 g/mol.